The van der Waals surface area contributed by atoms with Gasteiger partial charge in [0.25, 0.3) is 5.91 Å². The average Bonchev–Trinajstić information content (AvgIpc) is 2.62. The normalized spacial score (nSPS) is 18.0. The van der Waals surface area contributed by atoms with Crippen molar-refractivity contribution in [2.24, 2.45) is 5.92 Å². The molecule has 1 unspecified atom stereocenters. The molecule has 0 spiro atoms. The zero-order chi connectivity index (χ0) is 16.7. The molecule has 0 fully saturated rings. The smallest absolute Gasteiger partial charge is 0.416 e. The lowest BCUT2D eigenvalue weighted by molar-refractivity contribution is -0.138. The van der Waals surface area contributed by atoms with Crippen molar-refractivity contribution >= 4 is 11.9 Å². The van der Waals surface area contributed by atoms with E-state index >= 15 is 0 Å². The van der Waals surface area contributed by atoms with Gasteiger partial charge in [0, 0.05) is 12.1 Å². The van der Waals surface area contributed by atoms with Crippen LogP contribution >= 0.6 is 0 Å². The number of benzene rings is 1. The molecule has 1 amide bonds. The Morgan fingerprint density at radius 3 is 2.50 bits per heavy atom. The maximum atomic E-state index is 12.8. The third-order valence-electron chi connectivity index (χ3n) is 3.54. The molecule has 1 heterocycles. The standard InChI is InChI=1S/C15H16F3NO3/c1-8(2)7-19-12(6-13(20)21)11-5-9(15(16,17)18)3-4-10(11)14(19)22/h3-5,8,12H,6-7H2,1-2H3,(H,20,21). The first kappa shape index (κ1) is 16.3. The van der Waals surface area contributed by atoms with E-state index in [0.29, 0.717) is 6.54 Å². The van der Waals surface area contributed by atoms with Gasteiger partial charge in [0.2, 0.25) is 0 Å². The summed E-state index contributed by atoms with van der Waals surface area (Å²) in [6.07, 6.45) is -4.94. The van der Waals surface area contributed by atoms with Gasteiger partial charge in [-0.05, 0) is 29.7 Å². The fourth-order valence-corrected chi connectivity index (χ4v) is 2.66. The Kier molecular flexibility index (Phi) is 4.17. The minimum atomic E-state index is -4.53. The highest BCUT2D eigenvalue weighted by Crippen LogP contribution is 2.40. The molecule has 7 heteroatoms. The quantitative estimate of drug-likeness (QED) is 0.927. The minimum absolute atomic E-state index is 0.0802. The van der Waals surface area contributed by atoms with Crippen molar-refractivity contribution in [1.82, 2.24) is 4.90 Å². The number of aliphatic carboxylic acids is 1. The van der Waals surface area contributed by atoms with Crippen LogP contribution in [0.15, 0.2) is 18.2 Å². The molecular weight excluding hydrogens is 299 g/mol. The summed E-state index contributed by atoms with van der Waals surface area (Å²) in [7, 11) is 0. The molecule has 0 aliphatic carbocycles. The van der Waals surface area contributed by atoms with Crippen molar-refractivity contribution in [3.05, 3.63) is 34.9 Å². The number of carbonyl (C=O) groups excluding carboxylic acids is 1. The Hall–Kier alpha value is -2.05. The Labute approximate surface area is 125 Å². The lowest BCUT2D eigenvalue weighted by atomic mass is 9.99. The fourth-order valence-electron chi connectivity index (χ4n) is 2.66. The summed E-state index contributed by atoms with van der Waals surface area (Å²) in [5, 5.41) is 9.01. The topological polar surface area (TPSA) is 57.6 Å². The first-order valence-electron chi connectivity index (χ1n) is 6.85. The van der Waals surface area contributed by atoms with Crippen LogP contribution in [0.4, 0.5) is 13.2 Å². The van der Waals surface area contributed by atoms with E-state index in [9.17, 15) is 22.8 Å². The Balaban J connectivity index is 2.48. The molecule has 120 valence electrons. The number of fused-ring (bicyclic) bond motifs is 1. The molecule has 1 aliphatic rings. The van der Waals surface area contributed by atoms with Gasteiger partial charge >= 0.3 is 12.1 Å². The van der Waals surface area contributed by atoms with Crippen molar-refractivity contribution in [3.63, 3.8) is 0 Å². The number of carbonyl (C=O) groups is 2. The van der Waals surface area contributed by atoms with E-state index in [1.54, 1.807) is 0 Å². The van der Waals surface area contributed by atoms with Gasteiger partial charge < -0.3 is 10.0 Å². The van der Waals surface area contributed by atoms with Crippen LogP contribution in [-0.4, -0.2) is 28.4 Å². The Morgan fingerprint density at radius 2 is 2.00 bits per heavy atom. The van der Waals surface area contributed by atoms with E-state index in [1.165, 1.54) is 4.90 Å². The summed E-state index contributed by atoms with van der Waals surface area (Å²) in [4.78, 5) is 24.7. The summed E-state index contributed by atoms with van der Waals surface area (Å²) in [6.45, 7) is 4.01. The summed E-state index contributed by atoms with van der Waals surface area (Å²) in [6, 6.07) is 2.02. The van der Waals surface area contributed by atoms with Gasteiger partial charge in [0.05, 0.1) is 18.0 Å². The van der Waals surface area contributed by atoms with E-state index < -0.39 is 36.1 Å². The highest BCUT2D eigenvalue weighted by molar-refractivity contribution is 5.99. The van der Waals surface area contributed by atoms with Crippen LogP contribution in [0.2, 0.25) is 0 Å². The third kappa shape index (κ3) is 3.08. The third-order valence-corrected chi connectivity index (χ3v) is 3.54. The summed E-state index contributed by atoms with van der Waals surface area (Å²) in [5.74, 6) is -1.49. The van der Waals surface area contributed by atoms with Gasteiger partial charge in [-0.15, -0.1) is 0 Å². The number of hydrogen-bond acceptors (Lipinski definition) is 2. The zero-order valence-electron chi connectivity index (χ0n) is 12.1. The molecule has 4 nitrogen and oxygen atoms in total. The van der Waals surface area contributed by atoms with Crippen LogP contribution in [0.1, 0.15) is 47.8 Å². The van der Waals surface area contributed by atoms with E-state index in [-0.39, 0.29) is 17.0 Å². The molecule has 0 aromatic heterocycles. The van der Waals surface area contributed by atoms with Crippen molar-refractivity contribution in [2.45, 2.75) is 32.5 Å². The Bertz CT molecular complexity index is 611. The maximum Gasteiger partial charge on any atom is 0.416 e. The first-order valence-corrected chi connectivity index (χ1v) is 6.85. The maximum absolute atomic E-state index is 12.8. The number of carboxylic acid groups (broad SMARTS) is 1. The number of nitrogens with zero attached hydrogens (tertiary/aromatic N) is 1. The largest absolute Gasteiger partial charge is 0.481 e. The number of amides is 1. The number of halogens is 3. The van der Waals surface area contributed by atoms with Crippen molar-refractivity contribution < 1.29 is 27.9 Å². The fraction of sp³-hybridized carbons (Fsp3) is 0.467. The number of carboxylic acids is 1. The van der Waals surface area contributed by atoms with E-state index in [1.807, 2.05) is 13.8 Å². The molecule has 0 saturated heterocycles. The van der Waals surface area contributed by atoms with Crippen molar-refractivity contribution in [1.29, 1.82) is 0 Å². The van der Waals surface area contributed by atoms with Crippen LogP contribution in [0, 0.1) is 5.92 Å². The SMILES string of the molecule is CC(C)CN1C(=O)c2ccc(C(F)(F)F)cc2C1CC(=O)O. The second-order valence-corrected chi connectivity index (χ2v) is 5.76. The van der Waals surface area contributed by atoms with Crippen molar-refractivity contribution in [2.75, 3.05) is 6.54 Å². The summed E-state index contributed by atoms with van der Waals surface area (Å²) >= 11 is 0. The van der Waals surface area contributed by atoms with Crippen LogP contribution < -0.4 is 0 Å². The molecular formula is C15H16F3NO3. The second kappa shape index (κ2) is 5.62. The minimum Gasteiger partial charge on any atom is -0.481 e. The second-order valence-electron chi connectivity index (χ2n) is 5.76. The van der Waals surface area contributed by atoms with E-state index in [4.69, 9.17) is 5.11 Å². The van der Waals surface area contributed by atoms with Gasteiger partial charge in [-0.3, -0.25) is 9.59 Å². The molecule has 22 heavy (non-hydrogen) atoms. The predicted molar refractivity (Wildman–Crippen MR) is 72.3 cm³/mol. The van der Waals surface area contributed by atoms with Gasteiger partial charge in [-0.25, -0.2) is 0 Å². The zero-order valence-corrected chi connectivity index (χ0v) is 12.1. The highest BCUT2D eigenvalue weighted by atomic mass is 19.4. The molecule has 1 atom stereocenters. The molecule has 0 bridgehead atoms. The molecule has 1 aromatic carbocycles. The van der Waals surface area contributed by atoms with Gasteiger partial charge in [0.15, 0.2) is 0 Å². The van der Waals surface area contributed by atoms with E-state index in [0.717, 1.165) is 18.2 Å². The Morgan fingerprint density at radius 1 is 1.36 bits per heavy atom. The molecule has 1 aliphatic heterocycles. The molecule has 0 radical (unpaired) electrons. The van der Waals surface area contributed by atoms with Crippen molar-refractivity contribution in [3.8, 4) is 0 Å². The van der Waals surface area contributed by atoms with Crippen LogP contribution in [0.25, 0.3) is 0 Å². The van der Waals surface area contributed by atoms with Crippen LogP contribution in [0.3, 0.4) is 0 Å². The molecule has 1 N–H and O–H groups in total. The lowest BCUT2D eigenvalue weighted by Gasteiger charge is -2.26. The van der Waals surface area contributed by atoms with Gasteiger partial charge in [-0.2, -0.15) is 13.2 Å². The van der Waals surface area contributed by atoms with Gasteiger partial charge in [-0.1, -0.05) is 13.8 Å². The van der Waals surface area contributed by atoms with Crippen LogP contribution in [0.5, 0.6) is 0 Å². The number of alkyl halides is 3. The number of rotatable bonds is 4. The first-order chi connectivity index (χ1) is 10.1. The predicted octanol–water partition coefficient (Wildman–Crippen LogP) is 3.33. The summed E-state index contributed by atoms with van der Waals surface area (Å²) < 4.78 is 38.5. The van der Waals surface area contributed by atoms with E-state index in [2.05, 4.69) is 0 Å². The average molecular weight is 315 g/mol. The number of hydrogen-bond donors (Lipinski definition) is 1. The monoisotopic (exact) mass is 315 g/mol. The molecule has 0 saturated carbocycles. The van der Waals surface area contributed by atoms with Crippen LogP contribution in [-0.2, 0) is 11.0 Å². The molecule has 1 aromatic rings. The lowest BCUT2D eigenvalue weighted by Crippen LogP contribution is -2.32. The van der Waals surface area contributed by atoms with Gasteiger partial charge in [0.1, 0.15) is 0 Å². The summed E-state index contributed by atoms with van der Waals surface area (Å²) in [5.41, 5.74) is -0.580. The highest BCUT2D eigenvalue weighted by Gasteiger charge is 2.40. The molecule has 2 rings (SSSR count).